The zero-order chi connectivity index (χ0) is 18.8. The number of rotatable bonds is 5. The third-order valence-electron chi connectivity index (χ3n) is 4.42. The highest BCUT2D eigenvalue weighted by Crippen LogP contribution is 2.26. The normalized spacial score (nSPS) is 11.0. The first-order chi connectivity index (χ1) is 13.9. The third kappa shape index (κ3) is 3.23. The Bertz CT molecular complexity index is 1220. The zero-order valence-corrected chi connectivity index (χ0v) is 15.7. The SMILES string of the molecule is c1ccc2c(NCc3ccnc(-n4ccnc4)c3)nc(-c3ccsc3)nc2c1. The summed E-state index contributed by atoms with van der Waals surface area (Å²) >= 11 is 1.64. The molecule has 0 unspecified atom stereocenters. The van der Waals surface area contributed by atoms with Crippen LogP contribution in [-0.2, 0) is 6.54 Å². The Morgan fingerprint density at radius 1 is 1.04 bits per heavy atom. The Balaban J connectivity index is 1.47. The Morgan fingerprint density at radius 2 is 2.00 bits per heavy atom. The summed E-state index contributed by atoms with van der Waals surface area (Å²) in [6, 6.07) is 14.1. The Hall–Kier alpha value is -3.58. The van der Waals surface area contributed by atoms with Gasteiger partial charge in [-0.15, -0.1) is 0 Å². The number of para-hydroxylation sites is 1. The van der Waals surface area contributed by atoms with Gasteiger partial charge in [0.2, 0.25) is 0 Å². The average Bonchev–Trinajstić information content (AvgIpc) is 3.46. The van der Waals surface area contributed by atoms with Gasteiger partial charge < -0.3 is 5.32 Å². The van der Waals surface area contributed by atoms with Crippen LogP contribution in [0.2, 0.25) is 0 Å². The predicted octanol–water partition coefficient (Wildman–Crippen LogP) is 4.55. The number of thiophene rings is 1. The number of hydrogen-bond acceptors (Lipinski definition) is 6. The molecule has 7 heteroatoms. The maximum absolute atomic E-state index is 4.78. The van der Waals surface area contributed by atoms with Crippen molar-refractivity contribution < 1.29 is 0 Å². The number of aromatic nitrogens is 5. The topological polar surface area (TPSA) is 68.5 Å². The molecule has 0 fully saturated rings. The van der Waals surface area contributed by atoms with Crippen molar-refractivity contribution in [1.82, 2.24) is 24.5 Å². The molecule has 4 aromatic heterocycles. The summed E-state index contributed by atoms with van der Waals surface area (Å²) in [4.78, 5) is 18.0. The monoisotopic (exact) mass is 384 g/mol. The van der Waals surface area contributed by atoms with Gasteiger partial charge in [-0.3, -0.25) is 4.57 Å². The minimum absolute atomic E-state index is 0.633. The van der Waals surface area contributed by atoms with Crippen molar-refractivity contribution in [3.63, 3.8) is 0 Å². The standard InChI is InChI=1S/C21H16N6S/c1-2-4-18-17(3-1)21(26-20(25-18)16-6-10-28-13-16)24-12-15-5-7-23-19(11-15)27-9-8-22-14-27/h1-11,13-14H,12H2,(H,24,25,26). The summed E-state index contributed by atoms with van der Waals surface area (Å²) < 4.78 is 1.89. The smallest absolute Gasteiger partial charge is 0.162 e. The van der Waals surface area contributed by atoms with Crippen LogP contribution in [0.5, 0.6) is 0 Å². The van der Waals surface area contributed by atoms with Gasteiger partial charge in [0, 0.05) is 41.5 Å². The van der Waals surface area contributed by atoms with Crippen molar-refractivity contribution in [3.05, 3.63) is 83.7 Å². The van der Waals surface area contributed by atoms with E-state index in [1.807, 2.05) is 58.6 Å². The van der Waals surface area contributed by atoms with Crippen LogP contribution in [0.15, 0.2) is 78.1 Å². The highest BCUT2D eigenvalue weighted by atomic mass is 32.1. The van der Waals surface area contributed by atoms with Gasteiger partial charge in [0.15, 0.2) is 5.82 Å². The van der Waals surface area contributed by atoms with Crippen LogP contribution < -0.4 is 5.32 Å². The molecule has 4 heterocycles. The molecule has 0 amide bonds. The lowest BCUT2D eigenvalue weighted by Gasteiger charge is -2.11. The van der Waals surface area contributed by atoms with Gasteiger partial charge in [0.1, 0.15) is 18.0 Å². The minimum Gasteiger partial charge on any atom is -0.365 e. The van der Waals surface area contributed by atoms with Crippen LogP contribution >= 0.6 is 11.3 Å². The summed E-state index contributed by atoms with van der Waals surface area (Å²) in [5.74, 6) is 2.40. The quantitative estimate of drug-likeness (QED) is 0.481. The van der Waals surface area contributed by atoms with Gasteiger partial charge in [-0.2, -0.15) is 11.3 Å². The first-order valence-corrected chi connectivity index (χ1v) is 9.77. The van der Waals surface area contributed by atoms with E-state index in [-0.39, 0.29) is 0 Å². The maximum Gasteiger partial charge on any atom is 0.162 e. The predicted molar refractivity (Wildman–Crippen MR) is 112 cm³/mol. The van der Waals surface area contributed by atoms with E-state index >= 15 is 0 Å². The number of hydrogen-bond donors (Lipinski definition) is 1. The van der Waals surface area contributed by atoms with E-state index in [4.69, 9.17) is 9.97 Å². The largest absolute Gasteiger partial charge is 0.365 e. The molecular weight excluding hydrogens is 368 g/mol. The van der Waals surface area contributed by atoms with Crippen molar-refractivity contribution in [2.75, 3.05) is 5.32 Å². The molecule has 0 radical (unpaired) electrons. The first kappa shape index (κ1) is 16.6. The molecule has 0 spiro atoms. The van der Waals surface area contributed by atoms with Crippen LogP contribution in [-0.4, -0.2) is 24.5 Å². The number of anilines is 1. The van der Waals surface area contributed by atoms with E-state index in [1.165, 1.54) is 0 Å². The van der Waals surface area contributed by atoms with Crippen molar-refractivity contribution >= 4 is 28.1 Å². The molecule has 0 bridgehead atoms. The second-order valence-electron chi connectivity index (χ2n) is 6.27. The second kappa shape index (κ2) is 7.21. The van der Waals surface area contributed by atoms with Crippen molar-refractivity contribution in [2.45, 2.75) is 6.54 Å². The van der Waals surface area contributed by atoms with E-state index in [0.29, 0.717) is 6.54 Å². The number of pyridine rings is 1. The van der Waals surface area contributed by atoms with Gasteiger partial charge >= 0.3 is 0 Å². The van der Waals surface area contributed by atoms with Crippen molar-refractivity contribution in [2.24, 2.45) is 0 Å². The van der Waals surface area contributed by atoms with Crippen LogP contribution in [0.25, 0.3) is 28.1 Å². The second-order valence-corrected chi connectivity index (χ2v) is 7.05. The lowest BCUT2D eigenvalue weighted by atomic mass is 10.2. The molecule has 0 aliphatic heterocycles. The average molecular weight is 384 g/mol. The molecule has 0 aliphatic carbocycles. The number of fused-ring (bicyclic) bond motifs is 1. The molecule has 136 valence electrons. The van der Waals surface area contributed by atoms with Gasteiger partial charge in [-0.25, -0.2) is 19.9 Å². The summed E-state index contributed by atoms with van der Waals surface area (Å²) in [6.45, 7) is 0.633. The van der Waals surface area contributed by atoms with E-state index in [0.717, 1.165) is 39.5 Å². The summed E-state index contributed by atoms with van der Waals surface area (Å²) in [5.41, 5.74) is 3.07. The van der Waals surface area contributed by atoms with E-state index in [9.17, 15) is 0 Å². The molecule has 0 saturated carbocycles. The summed E-state index contributed by atoms with van der Waals surface area (Å²) in [7, 11) is 0. The van der Waals surface area contributed by atoms with Gasteiger partial charge in [0.25, 0.3) is 0 Å². The Morgan fingerprint density at radius 3 is 2.86 bits per heavy atom. The van der Waals surface area contributed by atoms with E-state index in [2.05, 4.69) is 20.7 Å². The van der Waals surface area contributed by atoms with Crippen LogP contribution in [0, 0.1) is 0 Å². The highest BCUT2D eigenvalue weighted by molar-refractivity contribution is 7.08. The maximum atomic E-state index is 4.78. The number of nitrogens with one attached hydrogen (secondary N) is 1. The van der Waals surface area contributed by atoms with Crippen molar-refractivity contribution in [1.29, 1.82) is 0 Å². The molecule has 5 rings (SSSR count). The molecule has 0 aliphatic rings. The molecule has 6 nitrogen and oxygen atoms in total. The van der Waals surface area contributed by atoms with Crippen LogP contribution in [0.3, 0.4) is 0 Å². The molecular formula is C21H16N6S. The van der Waals surface area contributed by atoms with E-state index in [1.54, 1.807) is 30.1 Å². The number of benzene rings is 1. The fourth-order valence-corrected chi connectivity index (χ4v) is 3.66. The van der Waals surface area contributed by atoms with Gasteiger partial charge in [-0.05, 0) is 41.3 Å². The number of nitrogens with zero attached hydrogens (tertiary/aromatic N) is 5. The summed E-state index contributed by atoms with van der Waals surface area (Å²) in [6.07, 6.45) is 7.17. The molecule has 1 aromatic carbocycles. The fraction of sp³-hybridized carbons (Fsp3) is 0.0476. The molecule has 1 N–H and O–H groups in total. The Kier molecular flexibility index (Phi) is 4.27. The fourth-order valence-electron chi connectivity index (χ4n) is 3.02. The lowest BCUT2D eigenvalue weighted by molar-refractivity contribution is 0.977. The molecule has 0 saturated heterocycles. The minimum atomic E-state index is 0.633. The molecule has 5 aromatic rings. The summed E-state index contributed by atoms with van der Waals surface area (Å²) in [5, 5.41) is 8.58. The Labute approximate surface area is 165 Å². The first-order valence-electron chi connectivity index (χ1n) is 8.83. The third-order valence-corrected chi connectivity index (χ3v) is 5.10. The van der Waals surface area contributed by atoms with Gasteiger partial charge in [0.05, 0.1) is 5.52 Å². The van der Waals surface area contributed by atoms with Crippen LogP contribution in [0.4, 0.5) is 5.82 Å². The highest BCUT2D eigenvalue weighted by Gasteiger charge is 2.10. The molecule has 0 atom stereocenters. The van der Waals surface area contributed by atoms with Crippen LogP contribution in [0.1, 0.15) is 5.56 Å². The van der Waals surface area contributed by atoms with Gasteiger partial charge in [-0.1, -0.05) is 12.1 Å². The molecule has 28 heavy (non-hydrogen) atoms. The number of imidazole rings is 1. The van der Waals surface area contributed by atoms with Crippen molar-refractivity contribution in [3.8, 4) is 17.2 Å². The van der Waals surface area contributed by atoms with E-state index < -0.39 is 0 Å². The zero-order valence-electron chi connectivity index (χ0n) is 14.9. The lowest BCUT2D eigenvalue weighted by Crippen LogP contribution is -2.05.